The molecule has 0 aromatic rings. The maximum absolute atomic E-state index is 12.5. The molecular weight excluding hydrogens is 673 g/mol. The van der Waals surface area contributed by atoms with Gasteiger partial charge in [-0.15, -0.1) is 0 Å². The van der Waals surface area contributed by atoms with Crippen molar-refractivity contribution < 1.29 is 47.5 Å². The first-order chi connectivity index (χ1) is 24.6. The molecule has 0 rings (SSSR count). The topological polar surface area (TPSA) is 172 Å². The molecule has 0 aromatic heterocycles. The SMILES string of the molecule is CC/C=C\C/C=C\C/C=C\C/C=C\CCCCC(=O)O[C@H](COC(=O)CCCCCCC/C=C\CCCCC)COP(=O)(O)OC[C@H](N)C(=O)O. The third kappa shape index (κ3) is 34.1. The second-order valence-electron chi connectivity index (χ2n) is 12.3. The van der Waals surface area contributed by atoms with Gasteiger partial charge in [0.2, 0.25) is 0 Å². The summed E-state index contributed by atoms with van der Waals surface area (Å²) in [5.74, 6) is -2.46. The summed E-state index contributed by atoms with van der Waals surface area (Å²) in [7, 11) is -4.72. The molecule has 0 spiro atoms. The fourth-order valence-corrected chi connectivity index (χ4v) is 5.30. The molecule has 0 bridgehead atoms. The summed E-state index contributed by atoms with van der Waals surface area (Å²) in [6, 6.07) is -1.53. The maximum atomic E-state index is 12.5. The van der Waals surface area contributed by atoms with Crippen LogP contribution in [0.15, 0.2) is 60.8 Å². The first kappa shape index (κ1) is 48.2. The molecule has 0 amide bonds. The number of phosphoric ester groups is 1. The Kier molecular flexibility index (Phi) is 32.4. The number of nitrogens with two attached hydrogens (primary N) is 1. The summed E-state index contributed by atoms with van der Waals surface area (Å²) >= 11 is 0. The number of carboxylic acids is 1. The third-order valence-corrected chi connectivity index (χ3v) is 8.45. The number of aliphatic carboxylic acids is 1. The fraction of sp³-hybridized carbons (Fsp3) is 0.667. The summed E-state index contributed by atoms with van der Waals surface area (Å²) in [5.41, 5.74) is 5.31. The number of rotatable bonds is 34. The van der Waals surface area contributed by atoms with Crippen molar-refractivity contribution in [3.63, 3.8) is 0 Å². The summed E-state index contributed by atoms with van der Waals surface area (Å²) < 4.78 is 32.5. The average Bonchev–Trinajstić information content (AvgIpc) is 3.10. The Labute approximate surface area is 307 Å². The molecule has 0 heterocycles. The number of hydrogen-bond acceptors (Lipinski definition) is 9. The quantitative estimate of drug-likeness (QED) is 0.0249. The van der Waals surface area contributed by atoms with Crippen LogP contribution in [0.2, 0.25) is 0 Å². The number of carboxylic acid groups (broad SMARTS) is 1. The molecule has 4 N–H and O–H groups in total. The zero-order valence-electron chi connectivity index (χ0n) is 31.2. The molecule has 0 aliphatic carbocycles. The van der Waals surface area contributed by atoms with Crippen molar-refractivity contribution in [3.8, 4) is 0 Å². The second-order valence-corrected chi connectivity index (χ2v) is 13.8. The van der Waals surface area contributed by atoms with Crippen molar-refractivity contribution >= 4 is 25.7 Å². The number of esters is 2. The standard InChI is InChI=1S/C39H66NO10P/c1-3-5-7-9-11-13-15-17-18-19-21-23-25-27-29-31-38(42)50-35(33-48-51(45,46)49-34-36(40)39(43)44)32-47-37(41)30-28-26-24-22-20-16-14-12-10-8-6-4-2/h5,7,11-14,17-18,21,23,35-36H,3-4,6,8-10,15-16,19-20,22,24-34,40H2,1-2H3,(H,43,44)(H,45,46)/b7-5-,13-11-,14-12-,18-17-,23-21-/t35-,36+/m1/s1. The highest BCUT2D eigenvalue weighted by atomic mass is 31.2. The van der Waals surface area contributed by atoms with Crippen molar-refractivity contribution in [1.29, 1.82) is 0 Å². The van der Waals surface area contributed by atoms with Crippen LogP contribution < -0.4 is 5.73 Å². The van der Waals surface area contributed by atoms with Gasteiger partial charge in [0.25, 0.3) is 0 Å². The van der Waals surface area contributed by atoms with Crippen LogP contribution in [-0.2, 0) is 37.5 Å². The molecule has 0 radical (unpaired) electrons. The number of allylic oxidation sites excluding steroid dienone is 10. The number of phosphoric acid groups is 1. The molecule has 12 heteroatoms. The Balaban J connectivity index is 4.56. The largest absolute Gasteiger partial charge is 0.480 e. The summed E-state index contributed by atoms with van der Waals surface area (Å²) in [5, 5.41) is 8.85. The van der Waals surface area contributed by atoms with Crippen LogP contribution in [0.25, 0.3) is 0 Å². The number of unbranched alkanes of at least 4 members (excludes halogenated alkanes) is 10. The minimum Gasteiger partial charge on any atom is -0.480 e. The molecular formula is C39H66NO10P. The van der Waals surface area contributed by atoms with Crippen LogP contribution in [-0.4, -0.2) is 59.9 Å². The van der Waals surface area contributed by atoms with E-state index in [4.69, 9.17) is 24.8 Å². The van der Waals surface area contributed by atoms with Gasteiger partial charge in [0.1, 0.15) is 12.6 Å². The van der Waals surface area contributed by atoms with Gasteiger partial charge < -0.3 is 25.2 Å². The lowest BCUT2D eigenvalue weighted by Gasteiger charge is -2.20. The molecule has 3 atom stereocenters. The normalized spacial score (nSPS) is 14.6. The van der Waals surface area contributed by atoms with Crippen LogP contribution in [0.1, 0.15) is 136 Å². The van der Waals surface area contributed by atoms with Gasteiger partial charge in [0.05, 0.1) is 13.2 Å². The van der Waals surface area contributed by atoms with Crippen LogP contribution in [0.5, 0.6) is 0 Å². The molecule has 0 aliphatic heterocycles. The Morgan fingerprint density at radius 2 is 1.10 bits per heavy atom. The van der Waals surface area contributed by atoms with E-state index in [0.717, 1.165) is 77.0 Å². The van der Waals surface area contributed by atoms with Gasteiger partial charge in [-0.25, -0.2) is 4.57 Å². The van der Waals surface area contributed by atoms with Gasteiger partial charge >= 0.3 is 25.7 Å². The molecule has 11 nitrogen and oxygen atoms in total. The first-order valence-electron chi connectivity index (χ1n) is 18.8. The Morgan fingerprint density at radius 3 is 1.71 bits per heavy atom. The lowest BCUT2D eigenvalue weighted by Crippen LogP contribution is -2.34. The van der Waals surface area contributed by atoms with E-state index in [-0.39, 0.29) is 19.4 Å². The molecule has 1 unspecified atom stereocenters. The monoisotopic (exact) mass is 739 g/mol. The van der Waals surface area contributed by atoms with Crippen LogP contribution >= 0.6 is 7.82 Å². The maximum Gasteiger partial charge on any atom is 0.472 e. The van der Waals surface area contributed by atoms with Gasteiger partial charge in [-0.05, 0) is 77.0 Å². The van der Waals surface area contributed by atoms with Crippen LogP contribution in [0.4, 0.5) is 0 Å². The van der Waals surface area contributed by atoms with E-state index in [1.165, 1.54) is 19.3 Å². The molecule has 0 fully saturated rings. The molecule has 0 aromatic carbocycles. The molecule has 0 aliphatic rings. The van der Waals surface area contributed by atoms with Crippen molar-refractivity contribution in [1.82, 2.24) is 0 Å². The molecule has 51 heavy (non-hydrogen) atoms. The van der Waals surface area contributed by atoms with E-state index in [1.54, 1.807) is 0 Å². The highest BCUT2D eigenvalue weighted by Crippen LogP contribution is 2.43. The Morgan fingerprint density at radius 1 is 0.627 bits per heavy atom. The second kappa shape index (κ2) is 34.3. The lowest BCUT2D eigenvalue weighted by atomic mass is 10.1. The van der Waals surface area contributed by atoms with Crippen LogP contribution in [0, 0.1) is 0 Å². The lowest BCUT2D eigenvalue weighted by molar-refractivity contribution is -0.161. The van der Waals surface area contributed by atoms with Gasteiger partial charge in [0, 0.05) is 12.8 Å². The summed E-state index contributed by atoms with van der Waals surface area (Å²) in [6.45, 7) is 2.57. The molecule has 0 saturated carbocycles. The summed E-state index contributed by atoms with van der Waals surface area (Å²) in [4.78, 5) is 45.7. The first-order valence-corrected chi connectivity index (χ1v) is 20.3. The number of ether oxygens (including phenoxy) is 2. The van der Waals surface area contributed by atoms with Gasteiger partial charge in [-0.1, -0.05) is 107 Å². The summed E-state index contributed by atoms with van der Waals surface area (Å²) in [6.07, 6.45) is 37.3. The highest BCUT2D eigenvalue weighted by molar-refractivity contribution is 7.47. The number of hydrogen-bond donors (Lipinski definition) is 3. The number of carbonyl (C=O) groups excluding carboxylic acids is 2. The van der Waals surface area contributed by atoms with E-state index in [2.05, 4.69) is 79.1 Å². The highest BCUT2D eigenvalue weighted by Gasteiger charge is 2.28. The van der Waals surface area contributed by atoms with Crippen molar-refractivity contribution in [2.75, 3.05) is 19.8 Å². The molecule has 0 saturated heterocycles. The number of carbonyl (C=O) groups is 3. The van der Waals surface area contributed by atoms with E-state index < -0.39 is 51.1 Å². The van der Waals surface area contributed by atoms with E-state index in [9.17, 15) is 23.8 Å². The van der Waals surface area contributed by atoms with Crippen molar-refractivity contribution in [2.45, 2.75) is 148 Å². The smallest absolute Gasteiger partial charge is 0.472 e. The zero-order chi connectivity index (χ0) is 37.8. The van der Waals surface area contributed by atoms with E-state index in [1.807, 2.05) is 0 Å². The molecule has 292 valence electrons. The Hall–Kier alpha value is -2.82. The van der Waals surface area contributed by atoms with E-state index in [0.29, 0.717) is 12.8 Å². The zero-order valence-corrected chi connectivity index (χ0v) is 32.1. The van der Waals surface area contributed by atoms with Gasteiger partial charge in [-0.2, -0.15) is 0 Å². The Bertz CT molecular complexity index is 1100. The average molecular weight is 740 g/mol. The predicted octanol–water partition coefficient (Wildman–Crippen LogP) is 9.22. The third-order valence-electron chi connectivity index (χ3n) is 7.50. The predicted molar refractivity (Wildman–Crippen MR) is 203 cm³/mol. The van der Waals surface area contributed by atoms with Gasteiger partial charge in [0.15, 0.2) is 6.10 Å². The van der Waals surface area contributed by atoms with Gasteiger partial charge in [-0.3, -0.25) is 23.4 Å². The van der Waals surface area contributed by atoms with Crippen molar-refractivity contribution in [2.24, 2.45) is 5.73 Å². The van der Waals surface area contributed by atoms with Crippen LogP contribution in [0.3, 0.4) is 0 Å². The van der Waals surface area contributed by atoms with E-state index >= 15 is 0 Å². The van der Waals surface area contributed by atoms with Crippen molar-refractivity contribution in [3.05, 3.63) is 60.8 Å². The minimum atomic E-state index is -4.72. The minimum absolute atomic E-state index is 0.105. The fourth-order valence-electron chi connectivity index (χ4n) is 4.52.